The number of phenols is 2. The number of phenolic OH excluding ortho intramolecular Hbond substituents is 2. The molecule has 0 spiro atoms. The summed E-state index contributed by atoms with van der Waals surface area (Å²) in [6.07, 6.45) is 0.372. The molecular formula is C15H15O6PS. The monoisotopic (exact) mass is 354 g/mol. The smallest absolute Gasteiger partial charge is 0.388 e. The van der Waals surface area contributed by atoms with Gasteiger partial charge in [0.05, 0.1) is 5.56 Å². The number of carbonyl (C=O) groups is 1. The number of rotatable bonds is 6. The van der Waals surface area contributed by atoms with Gasteiger partial charge in [0, 0.05) is 11.3 Å². The fraction of sp³-hybridized carbons (Fsp3) is 0.133. The minimum atomic E-state index is -4.44. The van der Waals surface area contributed by atoms with Crippen molar-refractivity contribution in [1.82, 2.24) is 0 Å². The molecular weight excluding hydrogens is 339 g/mol. The highest BCUT2D eigenvalue weighted by Crippen LogP contribution is 2.56. The Morgan fingerprint density at radius 1 is 1.09 bits per heavy atom. The van der Waals surface area contributed by atoms with E-state index in [1.54, 1.807) is 12.1 Å². The van der Waals surface area contributed by atoms with Crippen molar-refractivity contribution in [2.45, 2.75) is 17.7 Å². The van der Waals surface area contributed by atoms with E-state index in [2.05, 4.69) is 0 Å². The van der Waals surface area contributed by atoms with Crippen molar-refractivity contribution < 1.29 is 29.4 Å². The average Bonchev–Trinajstić information content (AvgIpc) is 2.43. The van der Waals surface area contributed by atoms with E-state index in [4.69, 9.17) is 9.79 Å². The summed E-state index contributed by atoms with van der Waals surface area (Å²) in [5.74, 6) is -0.651. The number of carbonyl (C=O) groups excluding carboxylic acids is 1. The van der Waals surface area contributed by atoms with Crippen molar-refractivity contribution >= 4 is 24.0 Å². The van der Waals surface area contributed by atoms with Gasteiger partial charge in [0.15, 0.2) is 5.78 Å². The fourth-order valence-corrected chi connectivity index (χ4v) is 4.03. The topological polar surface area (TPSA) is 115 Å². The maximum Gasteiger partial charge on any atom is 0.388 e. The highest BCUT2D eigenvalue weighted by Gasteiger charge is 2.23. The van der Waals surface area contributed by atoms with E-state index in [0.29, 0.717) is 6.42 Å². The summed E-state index contributed by atoms with van der Waals surface area (Å²) in [7, 11) is 0. The lowest BCUT2D eigenvalue weighted by atomic mass is 10.0. The maximum absolute atomic E-state index is 12.3. The van der Waals surface area contributed by atoms with Gasteiger partial charge in [-0.15, -0.1) is 0 Å². The Kier molecular flexibility index (Phi) is 5.49. The van der Waals surface area contributed by atoms with E-state index in [-0.39, 0.29) is 39.8 Å². The Morgan fingerprint density at radius 2 is 1.78 bits per heavy atom. The lowest BCUT2D eigenvalue weighted by Crippen LogP contribution is -2.03. The zero-order valence-corrected chi connectivity index (χ0v) is 13.6. The molecule has 0 atom stereocenters. The molecule has 0 aromatic heterocycles. The molecule has 0 heterocycles. The maximum atomic E-state index is 12.3. The molecule has 0 aliphatic carbocycles. The van der Waals surface area contributed by atoms with Crippen LogP contribution in [-0.2, 0) is 11.0 Å². The van der Waals surface area contributed by atoms with E-state index in [1.807, 2.05) is 0 Å². The number of hydrogen-bond acceptors (Lipinski definition) is 5. The van der Waals surface area contributed by atoms with Crippen LogP contribution in [0.5, 0.6) is 11.5 Å². The predicted molar refractivity (Wildman–Crippen MR) is 86.8 cm³/mol. The van der Waals surface area contributed by atoms with Gasteiger partial charge in [-0.2, -0.15) is 0 Å². The molecule has 4 N–H and O–H groups in total. The van der Waals surface area contributed by atoms with Crippen LogP contribution in [0.25, 0.3) is 0 Å². The van der Waals surface area contributed by atoms with Crippen molar-refractivity contribution in [3.8, 4) is 11.5 Å². The summed E-state index contributed by atoms with van der Waals surface area (Å²) in [5, 5.41) is 19.3. The van der Waals surface area contributed by atoms with Crippen molar-refractivity contribution in [2.24, 2.45) is 0 Å². The van der Waals surface area contributed by atoms with Gasteiger partial charge < -0.3 is 20.0 Å². The van der Waals surface area contributed by atoms with Gasteiger partial charge in [0.2, 0.25) is 0 Å². The minimum absolute atomic E-state index is 0.0374. The number of ketones is 1. The van der Waals surface area contributed by atoms with Crippen LogP contribution in [0.3, 0.4) is 0 Å². The highest BCUT2D eigenvalue weighted by atomic mass is 32.7. The predicted octanol–water partition coefficient (Wildman–Crippen LogP) is 3.10. The van der Waals surface area contributed by atoms with Crippen molar-refractivity contribution in [3.63, 3.8) is 0 Å². The molecule has 0 amide bonds. The van der Waals surface area contributed by atoms with Crippen LogP contribution in [0.2, 0.25) is 0 Å². The van der Waals surface area contributed by atoms with Gasteiger partial charge >= 0.3 is 6.80 Å². The second-order valence-corrected chi connectivity index (χ2v) is 8.40. The Hall–Kier alpha value is -1.79. The third-order valence-corrected chi connectivity index (χ3v) is 5.13. The van der Waals surface area contributed by atoms with Crippen LogP contribution < -0.4 is 0 Å². The van der Waals surface area contributed by atoms with Crippen LogP contribution in [0.1, 0.15) is 22.3 Å². The van der Waals surface area contributed by atoms with E-state index in [1.165, 1.54) is 30.3 Å². The summed E-state index contributed by atoms with van der Waals surface area (Å²) in [4.78, 5) is 30.5. The van der Waals surface area contributed by atoms with Crippen LogP contribution in [0.15, 0.2) is 47.4 Å². The number of aryl methyl sites for hydroxylation is 1. The Balaban J connectivity index is 2.20. The number of benzene rings is 2. The normalized spacial score (nSPS) is 11.4. The molecule has 0 radical (unpaired) electrons. The molecule has 2 aromatic rings. The molecule has 8 heteroatoms. The highest BCUT2D eigenvalue weighted by molar-refractivity contribution is 8.54. The first-order valence-electron chi connectivity index (χ1n) is 6.64. The second kappa shape index (κ2) is 7.19. The average molecular weight is 354 g/mol. The first-order valence-corrected chi connectivity index (χ1v) is 9.68. The van der Waals surface area contributed by atoms with Gasteiger partial charge in [-0.3, -0.25) is 4.79 Å². The van der Waals surface area contributed by atoms with Crippen LogP contribution in [-0.4, -0.2) is 25.8 Å². The summed E-state index contributed by atoms with van der Waals surface area (Å²) in [5.41, 5.74) is 0.652. The second-order valence-electron chi connectivity index (χ2n) is 4.83. The molecule has 0 fully saturated rings. The lowest BCUT2D eigenvalue weighted by Gasteiger charge is -2.11. The first-order chi connectivity index (χ1) is 10.8. The standard InChI is InChI=1S/C15H15O6PS/c16-11-4-1-3-10(9-11)7-8-13(18)15-12(17)5-2-6-14(15)23-22(19,20)21/h1-6,9,16-17H,7-8H2,(H2,19,20,21). The molecule has 0 saturated heterocycles. The SMILES string of the molecule is O=C(CCc1cccc(O)c1)c1c(O)cccc1SP(=O)(O)O. The molecule has 122 valence electrons. The zero-order chi connectivity index (χ0) is 17.0. The molecule has 2 rings (SSSR count). The molecule has 0 aliphatic rings. The van der Waals surface area contributed by atoms with Gasteiger partial charge in [-0.25, -0.2) is 4.57 Å². The van der Waals surface area contributed by atoms with Crippen molar-refractivity contribution in [2.75, 3.05) is 0 Å². The zero-order valence-electron chi connectivity index (χ0n) is 11.9. The first kappa shape index (κ1) is 17.6. The van der Waals surface area contributed by atoms with Crippen molar-refractivity contribution in [1.29, 1.82) is 0 Å². The summed E-state index contributed by atoms with van der Waals surface area (Å²) in [6.45, 7) is -4.44. The fourth-order valence-electron chi connectivity index (χ4n) is 2.10. The summed E-state index contributed by atoms with van der Waals surface area (Å²) >= 11 is 0.240. The summed E-state index contributed by atoms with van der Waals surface area (Å²) in [6, 6.07) is 10.6. The van der Waals surface area contributed by atoms with Gasteiger partial charge in [-0.1, -0.05) is 18.2 Å². The molecule has 6 nitrogen and oxygen atoms in total. The molecule has 2 aromatic carbocycles. The van der Waals surface area contributed by atoms with E-state index < -0.39 is 12.6 Å². The van der Waals surface area contributed by atoms with Crippen LogP contribution >= 0.6 is 18.2 Å². The third kappa shape index (κ3) is 5.11. The Bertz CT molecular complexity index is 770. The Labute approximate surface area is 136 Å². The van der Waals surface area contributed by atoms with E-state index in [9.17, 15) is 19.6 Å². The van der Waals surface area contributed by atoms with Gasteiger partial charge in [0.25, 0.3) is 0 Å². The molecule has 23 heavy (non-hydrogen) atoms. The van der Waals surface area contributed by atoms with E-state index >= 15 is 0 Å². The number of aromatic hydroxyl groups is 2. The number of Topliss-reactive ketones (excluding diaryl/α,β-unsaturated/α-hetero) is 1. The van der Waals surface area contributed by atoms with Crippen molar-refractivity contribution in [3.05, 3.63) is 53.6 Å². The molecule has 0 saturated carbocycles. The van der Waals surface area contributed by atoms with Gasteiger partial charge in [-0.05, 0) is 47.6 Å². The van der Waals surface area contributed by atoms with Gasteiger partial charge in [0.1, 0.15) is 11.5 Å². The van der Waals surface area contributed by atoms with Crippen LogP contribution in [0.4, 0.5) is 0 Å². The van der Waals surface area contributed by atoms with Crippen LogP contribution in [0, 0.1) is 0 Å². The molecule has 0 bridgehead atoms. The molecule has 0 unspecified atom stereocenters. The quantitative estimate of drug-likeness (QED) is 0.465. The molecule has 0 aliphatic heterocycles. The largest absolute Gasteiger partial charge is 0.508 e. The lowest BCUT2D eigenvalue weighted by molar-refractivity contribution is 0.0977. The Morgan fingerprint density at radius 3 is 2.43 bits per heavy atom. The number of hydrogen-bond donors (Lipinski definition) is 4. The third-order valence-electron chi connectivity index (χ3n) is 3.05. The summed E-state index contributed by atoms with van der Waals surface area (Å²) < 4.78 is 11.1. The minimum Gasteiger partial charge on any atom is -0.508 e. The van der Waals surface area contributed by atoms with E-state index in [0.717, 1.165) is 5.56 Å².